The highest BCUT2D eigenvalue weighted by molar-refractivity contribution is 5.80. The maximum atomic E-state index is 10.7. The Balaban J connectivity index is 3.33. The third-order valence-corrected chi connectivity index (χ3v) is 0.982. The Hall–Kier alpha value is -1.01. The molecule has 0 aromatic heterocycles. The summed E-state index contributed by atoms with van der Waals surface area (Å²) in [4.78, 5) is 10.7. The fraction of sp³-hybridized carbons (Fsp3) is 0.571. The number of nitrogens with one attached hydrogen (secondary N) is 1. The summed E-state index contributed by atoms with van der Waals surface area (Å²) in [7, 11) is 0. The molecule has 0 rings (SSSR count). The van der Waals surface area contributed by atoms with E-state index in [1.807, 2.05) is 0 Å². The van der Waals surface area contributed by atoms with Crippen molar-refractivity contribution < 1.29 is 4.79 Å². The fourth-order valence-corrected chi connectivity index (χ4v) is 0.419. The van der Waals surface area contributed by atoms with Crippen LogP contribution in [0.15, 0.2) is 0 Å². The Labute approximate surface area is 61.0 Å². The Morgan fingerprint density at radius 2 is 2.50 bits per heavy atom. The van der Waals surface area contributed by atoms with Crippen LogP contribution in [-0.4, -0.2) is 18.5 Å². The number of nitrogens with two attached hydrogens (primary N) is 1. The zero-order valence-electron chi connectivity index (χ0n) is 6.05. The standard InChI is InChI=1S/C7H12N2O/c1-3-4-5-9-7(10)6(2)8/h1,6H,4-5,8H2,2H3,(H,9,10)/t6-/m1/s1. The summed E-state index contributed by atoms with van der Waals surface area (Å²) in [6, 6.07) is -0.447. The molecule has 1 amide bonds. The van der Waals surface area contributed by atoms with Gasteiger partial charge in [0.15, 0.2) is 0 Å². The van der Waals surface area contributed by atoms with E-state index in [-0.39, 0.29) is 5.91 Å². The number of hydrogen-bond acceptors (Lipinski definition) is 2. The molecule has 0 spiro atoms. The van der Waals surface area contributed by atoms with Crippen molar-refractivity contribution in [2.45, 2.75) is 19.4 Å². The van der Waals surface area contributed by atoms with Gasteiger partial charge in [-0.15, -0.1) is 12.3 Å². The number of carbonyl (C=O) groups is 1. The zero-order valence-corrected chi connectivity index (χ0v) is 6.05. The summed E-state index contributed by atoms with van der Waals surface area (Å²) < 4.78 is 0. The molecule has 3 nitrogen and oxygen atoms in total. The molecule has 3 N–H and O–H groups in total. The van der Waals surface area contributed by atoms with Gasteiger partial charge in [0, 0.05) is 13.0 Å². The lowest BCUT2D eigenvalue weighted by Gasteiger charge is -2.04. The largest absolute Gasteiger partial charge is 0.354 e. The van der Waals surface area contributed by atoms with E-state index in [1.54, 1.807) is 6.92 Å². The maximum absolute atomic E-state index is 10.7. The number of carbonyl (C=O) groups excluding carboxylic acids is 1. The predicted octanol–water partition coefficient (Wildman–Crippen LogP) is -0.527. The van der Waals surface area contributed by atoms with Crippen LogP contribution in [0, 0.1) is 12.3 Å². The van der Waals surface area contributed by atoms with Crippen LogP contribution < -0.4 is 11.1 Å². The number of terminal acetylenes is 1. The summed E-state index contributed by atoms with van der Waals surface area (Å²) in [5.74, 6) is 2.25. The Morgan fingerprint density at radius 3 is 2.90 bits per heavy atom. The van der Waals surface area contributed by atoms with Crippen molar-refractivity contribution in [3.05, 3.63) is 0 Å². The van der Waals surface area contributed by atoms with E-state index in [1.165, 1.54) is 0 Å². The molecule has 0 saturated carbocycles. The number of amides is 1. The fourth-order valence-electron chi connectivity index (χ4n) is 0.419. The van der Waals surface area contributed by atoms with Gasteiger partial charge in [-0.2, -0.15) is 0 Å². The summed E-state index contributed by atoms with van der Waals surface area (Å²) in [5, 5.41) is 2.58. The highest BCUT2D eigenvalue weighted by Gasteiger charge is 2.03. The Bertz CT molecular complexity index is 146. The predicted molar refractivity (Wildman–Crippen MR) is 40.1 cm³/mol. The van der Waals surface area contributed by atoms with Gasteiger partial charge in [0.05, 0.1) is 6.04 Å². The van der Waals surface area contributed by atoms with E-state index in [0.29, 0.717) is 13.0 Å². The molecule has 0 aromatic rings. The van der Waals surface area contributed by atoms with E-state index in [9.17, 15) is 4.79 Å². The minimum Gasteiger partial charge on any atom is -0.354 e. The summed E-state index contributed by atoms with van der Waals surface area (Å²) in [6.07, 6.45) is 5.51. The number of hydrogen-bond donors (Lipinski definition) is 2. The molecule has 0 fully saturated rings. The van der Waals surface area contributed by atoms with Crippen molar-refractivity contribution in [1.82, 2.24) is 5.32 Å². The third-order valence-electron chi connectivity index (χ3n) is 0.982. The second kappa shape index (κ2) is 4.83. The molecule has 0 heterocycles. The normalized spacial score (nSPS) is 11.7. The van der Waals surface area contributed by atoms with Gasteiger partial charge in [-0.1, -0.05) is 0 Å². The molecule has 0 aliphatic carbocycles. The average Bonchev–Trinajstić information content (AvgIpc) is 1.88. The lowest BCUT2D eigenvalue weighted by Crippen LogP contribution is -2.38. The minimum atomic E-state index is -0.447. The van der Waals surface area contributed by atoms with Gasteiger partial charge < -0.3 is 11.1 Å². The average molecular weight is 140 g/mol. The lowest BCUT2D eigenvalue weighted by atomic mass is 10.3. The second-order valence-corrected chi connectivity index (χ2v) is 2.03. The molecule has 0 radical (unpaired) electrons. The summed E-state index contributed by atoms with van der Waals surface area (Å²) in [5.41, 5.74) is 5.25. The van der Waals surface area contributed by atoms with Gasteiger partial charge in [0.25, 0.3) is 0 Å². The van der Waals surface area contributed by atoms with Crippen LogP contribution in [0.2, 0.25) is 0 Å². The Kier molecular flexibility index (Phi) is 4.34. The van der Waals surface area contributed by atoms with Gasteiger partial charge in [-0.3, -0.25) is 4.79 Å². The van der Waals surface area contributed by atoms with Crippen LogP contribution in [0.5, 0.6) is 0 Å². The van der Waals surface area contributed by atoms with E-state index in [4.69, 9.17) is 12.2 Å². The number of rotatable bonds is 3. The topological polar surface area (TPSA) is 55.1 Å². The highest BCUT2D eigenvalue weighted by atomic mass is 16.2. The van der Waals surface area contributed by atoms with E-state index >= 15 is 0 Å². The molecule has 0 aliphatic heterocycles. The first-order chi connectivity index (χ1) is 4.68. The van der Waals surface area contributed by atoms with Gasteiger partial charge in [0.2, 0.25) is 5.91 Å². The minimum absolute atomic E-state index is 0.157. The molecule has 1 atom stereocenters. The molecule has 3 heteroatoms. The van der Waals surface area contributed by atoms with Crippen LogP contribution in [-0.2, 0) is 4.79 Å². The van der Waals surface area contributed by atoms with Crippen LogP contribution in [0.25, 0.3) is 0 Å². The molecular formula is C7H12N2O. The molecular weight excluding hydrogens is 128 g/mol. The van der Waals surface area contributed by atoms with Crippen LogP contribution in [0.3, 0.4) is 0 Å². The van der Waals surface area contributed by atoms with Crippen LogP contribution in [0.1, 0.15) is 13.3 Å². The van der Waals surface area contributed by atoms with Gasteiger partial charge in [-0.25, -0.2) is 0 Å². The molecule has 0 bridgehead atoms. The monoisotopic (exact) mass is 140 g/mol. The van der Waals surface area contributed by atoms with Gasteiger partial charge in [-0.05, 0) is 6.92 Å². The Morgan fingerprint density at radius 1 is 1.90 bits per heavy atom. The van der Waals surface area contributed by atoms with Crippen molar-refractivity contribution in [3.63, 3.8) is 0 Å². The first-order valence-corrected chi connectivity index (χ1v) is 3.15. The van der Waals surface area contributed by atoms with Crippen molar-refractivity contribution in [3.8, 4) is 12.3 Å². The summed E-state index contributed by atoms with van der Waals surface area (Å²) in [6.45, 7) is 2.14. The van der Waals surface area contributed by atoms with Crippen molar-refractivity contribution in [1.29, 1.82) is 0 Å². The zero-order chi connectivity index (χ0) is 7.98. The first-order valence-electron chi connectivity index (χ1n) is 3.15. The van der Waals surface area contributed by atoms with Gasteiger partial charge in [0.1, 0.15) is 0 Å². The molecule has 10 heavy (non-hydrogen) atoms. The molecule has 56 valence electrons. The molecule has 0 unspecified atom stereocenters. The summed E-state index contributed by atoms with van der Waals surface area (Å²) >= 11 is 0. The van der Waals surface area contributed by atoms with E-state index in [2.05, 4.69) is 11.2 Å². The van der Waals surface area contributed by atoms with E-state index < -0.39 is 6.04 Å². The van der Waals surface area contributed by atoms with Crippen molar-refractivity contribution in [2.75, 3.05) is 6.54 Å². The SMILES string of the molecule is C#CCCNC(=O)[C@@H](C)N. The molecule has 0 saturated heterocycles. The van der Waals surface area contributed by atoms with Crippen LogP contribution in [0.4, 0.5) is 0 Å². The lowest BCUT2D eigenvalue weighted by molar-refractivity contribution is -0.121. The van der Waals surface area contributed by atoms with Gasteiger partial charge >= 0.3 is 0 Å². The quantitative estimate of drug-likeness (QED) is 0.409. The highest BCUT2D eigenvalue weighted by Crippen LogP contribution is 1.75. The maximum Gasteiger partial charge on any atom is 0.236 e. The van der Waals surface area contributed by atoms with Crippen molar-refractivity contribution in [2.24, 2.45) is 5.73 Å². The second-order valence-electron chi connectivity index (χ2n) is 2.03. The van der Waals surface area contributed by atoms with Crippen LogP contribution >= 0.6 is 0 Å². The van der Waals surface area contributed by atoms with Crippen molar-refractivity contribution >= 4 is 5.91 Å². The molecule has 0 aliphatic rings. The van der Waals surface area contributed by atoms with E-state index in [0.717, 1.165) is 0 Å². The smallest absolute Gasteiger partial charge is 0.236 e. The third kappa shape index (κ3) is 3.93. The molecule has 0 aromatic carbocycles. The first kappa shape index (κ1) is 8.99.